The van der Waals surface area contributed by atoms with Gasteiger partial charge in [0, 0.05) is 33.0 Å². The first-order chi connectivity index (χ1) is 8.72. The second-order valence-corrected chi connectivity index (χ2v) is 4.51. The second-order valence-electron chi connectivity index (χ2n) is 4.51. The van der Waals surface area contributed by atoms with Crippen LogP contribution in [0.2, 0.25) is 0 Å². The average molecular weight is 257 g/mol. The van der Waals surface area contributed by atoms with Crippen molar-refractivity contribution in [2.24, 2.45) is 5.92 Å². The van der Waals surface area contributed by atoms with Crippen LogP contribution in [0.25, 0.3) is 0 Å². The SMILES string of the molecule is COCCNC(=O)CCNC(=O)CC1CCNC1. The Morgan fingerprint density at radius 1 is 1.28 bits per heavy atom. The number of rotatable bonds is 8. The highest BCUT2D eigenvalue weighted by atomic mass is 16.5. The van der Waals surface area contributed by atoms with Crippen LogP contribution < -0.4 is 16.0 Å². The first-order valence-electron chi connectivity index (χ1n) is 6.45. The molecule has 1 aliphatic heterocycles. The standard InChI is InChI=1S/C12H23N3O3/c1-18-7-6-15-11(16)3-5-14-12(17)8-10-2-4-13-9-10/h10,13H,2-9H2,1H3,(H,14,17)(H,15,16). The topological polar surface area (TPSA) is 79.5 Å². The summed E-state index contributed by atoms with van der Waals surface area (Å²) in [6.45, 7) is 3.34. The molecule has 1 aliphatic rings. The number of methoxy groups -OCH3 is 1. The molecule has 18 heavy (non-hydrogen) atoms. The molecule has 0 aromatic carbocycles. The second kappa shape index (κ2) is 8.88. The van der Waals surface area contributed by atoms with E-state index < -0.39 is 0 Å². The van der Waals surface area contributed by atoms with E-state index in [9.17, 15) is 9.59 Å². The van der Waals surface area contributed by atoms with E-state index in [1.165, 1.54) is 0 Å². The normalized spacial score (nSPS) is 18.6. The van der Waals surface area contributed by atoms with Gasteiger partial charge in [-0.2, -0.15) is 0 Å². The molecule has 104 valence electrons. The quantitative estimate of drug-likeness (QED) is 0.500. The van der Waals surface area contributed by atoms with Crippen molar-refractivity contribution in [1.82, 2.24) is 16.0 Å². The summed E-state index contributed by atoms with van der Waals surface area (Å²) in [6.07, 6.45) is 1.93. The Hall–Kier alpha value is -1.14. The molecule has 1 unspecified atom stereocenters. The summed E-state index contributed by atoms with van der Waals surface area (Å²) in [7, 11) is 1.59. The number of hydrogen-bond donors (Lipinski definition) is 3. The van der Waals surface area contributed by atoms with Crippen LogP contribution in [0.4, 0.5) is 0 Å². The van der Waals surface area contributed by atoms with Crippen molar-refractivity contribution < 1.29 is 14.3 Å². The van der Waals surface area contributed by atoms with Crippen molar-refractivity contribution in [3.8, 4) is 0 Å². The molecule has 1 heterocycles. The Labute approximate surface area is 108 Å². The van der Waals surface area contributed by atoms with Gasteiger partial charge in [-0.3, -0.25) is 9.59 Å². The van der Waals surface area contributed by atoms with Crippen LogP contribution in [0.15, 0.2) is 0 Å². The van der Waals surface area contributed by atoms with Crippen LogP contribution in [0.5, 0.6) is 0 Å². The van der Waals surface area contributed by atoms with Crippen molar-refractivity contribution in [2.75, 3.05) is 39.9 Å². The minimum absolute atomic E-state index is 0.0355. The van der Waals surface area contributed by atoms with Gasteiger partial charge in [-0.1, -0.05) is 0 Å². The molecule has 0 aliphatic carbocycles. The van der Waals surface area contributed by atoms with Crippen LogP contribution >= 0.6 is 0 Å². The third kappa shape index (κ3) is 6.56. The monoisotopic (exact) mass is 257 g/mol. The first kappa shape index (κ1) is 14.9. The number of carbonyl (C=O) groups is 2. The smallest absolute Gasteiger partial charge is 0.221 e. The maximum absolute atomic E-state index is 11.6. The summed E-state index contributed by atoms with van der Waals surface area (Å²) >= 11 is 0. The number of nitrogens with one attached hydrogen (secondary N) is 3. The van der Waals surface area contributed by atoms with Crippen LogP contribution in [-0.2, 0) is 14.3 Å². The molecule has 1 rings (SSSR count). The fraction of sp³-hybridized carbons (Fsp3) is 0.833. The molecular weight excluding hydrogens is 234 g/mol. The molecule has 0 aromatic heterocycles. The van der Waals surface area contributed by atoms with Gasteiger partial charge >= 0.3 is 0 Å². The molecule has 0 saturated carbocycles. The molecule has 1 atom stereocenters. The Morgan fingerprint density at radius 3 is 2.72 bits per heavy atom. The van der Waals surface area contributed by atoms with Gasteiger partial charge in [-0.25, -0.2) is 0 Å². The summed E-state index contributed by atoms with van der Waals surface area (Å²) in [5, 5.41) is 8.70. The van der Waals surface area contributed by atoms with Gasteiger partial charge in [0.1, 0.15) is 0 Å². The Bertz CT molecular complexity index is 265. The Balaban J connectivity index is 1.98. The largest absolute Gasteiger partial charge is 0.383 e. The summed E-state index contributed by atoms with van der Waals surface area (Å²) in [6, 6.07) is 0. The van der Waals surface area contributed by atoms with Crippen molar-refractivity contribution in [3.63, 3.8) is 0 Å². The van der Waals surface area contributed by atoms with Gasteiger partial charge < -0.3 is 20.7 Å². The predicted octanol–water partition coefficient (Wildman–Crippen LogP) is -0.745. The zero-order chi connectivity index (χ0) is 13.2. The van der Waals surface area contributed by atoms with Crippen molar-refractivity contribution in [2.45, 2.75) is 19.3 Å². The molecule has 3 N–H and O–H groups in total. The van der Waals surface area contributed by atoms with Gasteiger partial charge in [0.2, 0.25) is 11.8 Å². The van der Waals surface area contributed by atoms with E-state index in [0.29, 0.717) is 38.5 Å². The van der Waals surface area contributed by atoms with Crippen molar-refractivity contribution >= 4 is 11.8 Å². The maximum atomic E-state index is 11.6. The zero-order valence-corrected chi connectivity index (χ0v) is 11.0. The molecule has 2 amide bonds. The van der Waals surface area contributed by atoms with Crippen LogP contribution in [0.1, 0.15) is 19.3 Å². The van der Waals surface area contributed by atoms with Gasteiger partial charge in [0.25, 0.3) is 0 Å². The highest BCUT2D eigenvalue weighted by Crippen LogP contribution is 2.11. The fourth-order valence-electron chi connectivity index (χ4n) is 1.92. The summed E-state index contributed by atoms with van der Waals surface area (Å²) < 4.78 is 4.82. The highest BCUT2D eigenvalue weighted by molar-refractivity contribution is 5.79. The van der Waals surface area contributed by atoms with E-state index in [2.05, 4.69) is 16.0 Å². The van der Waals surface area contributed by atoms with Crippen LogP contribution in [-0.4, -0.2) is 51.7 Å². The van der Waals surface area contributed by atoms with Crippen LogP contribution in [0.3, 0.4) is 0 Å². The lowest BCUT2D eigenvalue weighted by Gasteiger charge is -2.09. The minimum atomic E-state index is -0.0603. The minimum Gasteiger partial charge on any atom is -0.383 e. The van der Waals surface area contributed by atoms with E-state index in [-0.39, 0.29) is 11.8 Å². The number of ether oxygens (including phenoxy) is 1. The van der Waals surface area contributed by atoms with Crippen LogP contribution in [0, 0.1) is 5.92 Å². The molecule has 0 bridgehead atoms. The maximum Gasteiger partial charge on any atom is 0.221 e. The zero-order valence-electron chi connectivity index (χ0n) is 11.0. The van der Waals surface area contributed by atoms with E-state index in [4.69, 9.17) is 4.74 Å². The predicted molar refractivity (Wildman–Crippen MR) is 68.1 cm³/mol. The summed E-state index contributed by atoms with van der Waals surface area (Å²) in [5.74, 6) is 0.420. The Morgan fingerprint density at radius 2 is 2.06 bits per heavy atom. The number of hydrogen-bond acceptors (Lipinski definition) is 4. The molecule has 0 radical (unpaired) electrons. The molecule has 6 heteroatoms. The van der Waals surface area contributed by atoms with E-state index >= 15 is 0 Å². The molecule has 0 aromatic rings. The van der Waals surface area contributed by atoms with Crippen molar-refractivity contribution in [3.05, 3.63) is 0 Å². The van der Waals surface area contributed by atoms with E-state index in [1.54, 1.807) is 7.11 Å². The molecular formula is C12H23N3O3. The van der Waals surface area contributed by atoms with Gasteiger partial charge in [0.15, 0.2) is 0 Å². The Kier molecular flexibility index (Phi) is 7.36. The third-order valence-electron chi connectivity index (χ3n) is 2.94. The number of amides is 2. The molecule has 1 saturated heterocycles. The lowest BCUT2D eigenvalue weighted by molar-refractivity contribution is -0.122. The lowest BCUT2D eigenvalue weighted by atomic mass is 10.0. The highest BCUT2D eigenvalue weighted by Gasteiger charge is 2.17. The third-order valence-corrected chi connectivity index (χ3v) is 2.94. The van der Waals surface area contributed by atoms with Crippen molar-refractivity contribution in [1.29, 1.82) is 0 Å². The fourth-order valence-corrected chi connectivity index (χ4v) is 1.92. The summed E-state index contributed by atoms with van der Waals surface area (Å²) in [5.41, 5.74) is 0. The first-order valence-corrected chi connectivity index (χ1v) is 6.45. The molecule has 0 spiro atoms. The molecule has 1 fully saturated rings. The van der Waals surface area contributed by atoms with E-state index in [1.807, 2.05) is 0 Å². The summed E-state index contributed by atoms with van der Waals surface area (Å²) in [4.78, 5) is 22.9. The molecule has 6 nitrogen and oxygen atoms in total. The van der Waals surface area contributed by atoms with E-state index in [0.717, 1.165) is 19.5 Å². The van der Waals surface area contributed by atoms with Gasteiger partial charge in [0.05, 0.1) is 6.61 Å². The average Bonchev–Trinajstić information content (AvgIpc) is 2.82. The number of carbonyl (C=O) groups excluding carboxylic acids is 2. The lowest BCUT2D eigenvalue weighted by Crippen LogP contribution is -2.33. The van der Waals surface area contributed by atoms with Gasteiger partial charge in [-0.05, 0) is 25.4 Å². The van der Waals surface area contributed by atoms with Gasteiger partial charge in [-0.15, -0.1) is 0 Å².